The third-order valence-corrected chi connectivity index (χ3v) is 4.80. The van der Waals surface area contributed by atoms with Crippen LogP contribution in [0.25, 0.3) is 22.0 Å². The van der Waals surface area contributed by atoms with Crippen molar-refractivity contribution in [2.45, 2.75) is 6.54 Å². The largest absolute Gasteiger partial charge is 0.347 e. The standard InChI is InChI=1S/C18H14N6OS/c25-17(15-9-5-4-8-14(15)16-21-23-24-22-16)19-10-13-11-20-18(26-13)12-6-2-1-3-7-12/h1-9,11H,10H2,(H,19,25)(H,21,22,23,24). The van der Waals surface area contributed by atoms with Crippen molar-refractivity contribution in [3.63, 3.8) is 0 Å². The Bertz CT molecular complexity index is 1010. The fourth-order valence-electron chi connectivity index (χ4n) is 2.52. The van der Waals surface area contributed by atoms with Crippen LogP contribution in [0, 0.1) is 0 Å². The molecule has 0 radical (unpaired) electrons. The monoisotopic (exact) mass is 362 g/mol. The summed E-state index contributed by atoms with van der Waals surface area (Å²) < 4.78 is 0. The average molecular weight is 362 g/mol. The van der Waals surface area contributed by atoms with Crippen molar-refractivity contribution in [3.8, 4) is 22.0 Å². The molecule has 4 aromatic rings. The van der Waals surface area contributed by atoms with Crippen LogP contribution in [0.2, 0.25) is 0 Å². The average Bonchev–Trinajstić information content (AvgIpc) is 3.39. The van der Waals surface area contributed by atoms with Gasteiger partial charge in [0.1, 0.15) is 5.01 Å². The summed E-state index contributed by atoms with van der Waals surface area (Å²) >= 11 is 1.56. The number of tetrazole rings is 1. The molecule has 128 valence electrons. The molecule has 0 saturated heterocycles. The van der Waals surface area contributed by atoms with E-state index in [1.54, 1.807) is 35.7 Å². The molecular formula is C18H14N6OS. The minimum atomic E-state index is -0.194. The minimum absolute atomic E-state index is 0.194. The maximum atomic E-state index is 12.6. The lowest BCUT2D eigenvalue weighted by Crippen LogP contribution is -2.23. The lowest BCUT2D eigenvalue weighted by Gasteiger charge is -2.06. The fraction of sp³-hybridized carbons (Fsp3) is 0.0556. The summed E-state index contributed by atoms with van der Waals surface area (Å²) in [5.41, 5.74) is 2.20. The van der Waals surface area contributed by atoms with E-state index in [1.165, 1.54) is 0 Å². The molecule has 0 spiro atoms. The van der Waals surface area contributed by atoms with Crippen molar-refractivity contribution >= 4 is 17.2 Å². The third kappa shape index (κ3) is 3.35. The molecule has 2 heterocycles. The summed E-state index contributed by atoms with van der Waals surface area (Å²) in [6, 6.07) is 17.1. The van der Waals surface area contributed by atoms with Crippen molar-refractivity contribution in [3.05, 3.63) is 71.2 Å². The first-order chi connectivity index (χ1) is 12.8. The molecule has 0 aliphatic carbocycles. The molecule has 2 aromatic heterocycles. The number of hydrogen-bond acceptors (Lipinski definition) is 6. The highest BCUT2D eigenvalue weighted by Gasteiger charge is 2.15. The smallest absolute Gasteiger partial charge is 0.252 e. The highest BCUT2D eigenvalue weighted by Crippen LogP contribution is 2.25. The van der Waals surface area contributed by atoms with Crippen LogP contribution in [0.1, 0.15) is 15.2 Å². The van der Waals surface area contributed by atoms with E-state index in [0.717, 1.165) is 15.4 Å². The fourth-order valence-corrected chi connectivity index (χ4v) is 3.38. The van der Waals surface area contributed by atoms with Crippen molar-refractivity contribution in [2.24, 2.45) is 0 Å². The number of aromatic amines is 1. The minimum Gasteiger partial charge on any atom is -0.347 e. The molecular weight excluding hydrogens is 348 g/mol. The van der Waals surface area contributed by atoms with Crippen molar-refractivity contribution in [1.82, 2.24) is 30.9 Å². The maximum absolute atomic E-state index is 12.6. The van der Waals surface area contributed by atoms with Gasteiger partial charge < -0.3 is 5.32 Å². The van der Waals surface area contributed by atoms with E-state index in [9.17, 15) is 4.79 Å². The zero-order valence-electron chi connectivity index (χ0n) is 13.6. The van der Waals surface area contributed by atoms with Crippen LogP contribution < -0.4 is 5.32 Å². The first-order valence-electron chi connectivity index (χ1n) is 7.92. The molecule has 0 bridgehead atoms. The molecule has 7 nitrogen and oxygen atoms in total. The summed E-state index contributed by atoms with van der Waals surface area (Å²) in [7, 11) is 0. The Balaban J connectivity index is 1.48. The van der Waals surface area contributed by atoms with E-state index >= 15 is 0 Å². The van der Waals surface area contributed by atoms with Crippen molar-refractivity contribution in [2.75, 3.05) is 0 Å². The van der Waals surface area contributed by atoms with Crippen LogP contribution >= 0.6 is 11.3 Å². The van der Waals surface area contributed by atoms with Crippen LogP contribution in [-0.2, 0) is 6.54 Å². The lowest BCUT2D eigenvalue weighted by atomic mass is 10.1. The number of carbonyl (C=O) groups excluding carboxylic acids is 1. The van der Waals surface area contributed by atoms with E-state index < -0.39 is 0 Å². The summed E-state index contributed by atoms with van der Waals surface area (Å²) in [6.45, 7) is 0.407. The van der Waals surface area contributed by atoms with E-state index in [4.69, 9.17) is 0 Å². The second-order valence-electron chi connectivity index (χ2n) is 5.46. The molecule has 0 aliphatic rings. The summed E-state index contributed by atoms with van der Waals surface area (Å²) in [5, 5.41) is 17.7. The molecule has 0 fully saturated rings. The first kappa shape index (κ1) is 16.1. The van der Waals surface area contributed by atoms with E-state index in [2.05, 4.69) is 30.9 Å². The molecule has 2 N–H and O–H groups in total. The molecule has 26 heavy (non-hydrogen) atoms. The van der Waals surface area contributed by atoms with E-state index in [0.29, 0.717) is 23.5 Å². The van der Waals surface area contributed by atoms with Gasteiger partial charge in [-0.1, -0.05) is 48.5 Å². The number of carbonyl (C=O) groups is 1. The Morgan fingerprint density at radius 3 is 2.69 bits per heavy atom. The van der Waals surface area contributed by atoms with Crippen LogP contribution in [0.15, 0.2) is 60.8 Å². The number of thiazole rings is 1. The number of aromatic nitrogens is 5. The topological polar surface area (TPSA) is 96.5 Å². The van der Waals surface area contributed by atoms with Crippen LogP contribution in [-0.4, -0.2) is 31.5 Å². The summed E-state index contributed by atoms with van der Waals surface area (Å²) in [5.74, 6) is 0.194. The van der Waals surface area contributed by atoms with Gasteiger partial charge in [0, 0.05) is 22.2 Å². The second kappa shape index (κ2) is 7.24. The Morgan fingerprint density at radius 2 is 1.88 bits per heavy atom. The normalized spacial score (nSPS) is 10.6. The first-order valence-corrected chi connectivity index (χ1v) is 8.74. The Hall–Kier alpha value is -3.39. The van der Waals surface area contributed by atoms with Gasteiger partial charge in [0.05, 0.1) is 12.1 Å². The van der Waals surface area contributed by atoms with Gasteiger partial charge in [-0.05, 0) is 11.3 Å². The van der Waals surface area contributed by atoms with E-state index in [-0.39, 0.29) is 5.91 Å². The maximum Gasteiger partial charge on any atom is 0.252 e. The highest BCUT2D eigenvalue weighted by atomic mass is 32.1. The number of nitrogens with zero attached hydrogens (tertiary/aromatic N) is 4. The zero-order valence-corrected chi connectivity index (χ0v) is 14.4. The lowest BCUT2D eigenvalue weighted by molar-refractivity contribution is 0.0952. The quantitative estimate of drug-likeness (QED) is 0.569. The SMILES string of the molecule is O=C(NCc1cnc(-c2ccccc2)s1)c1ccccc1-c1nn[nH]n1. The number of H-pyrrole nitrogens is 1. The predicted octanol–water partition coefficient (Wildman–Crippen LogP) is 2.92. The zero-order chi connectivity index (χ0) is 17.8. The van der Waals surface area contributed by atoms with Crippen molar-refractivity contribution in [1.29, 1.82) is 0 Å². The summed E-state index contributed by atoms with van der Waals surface area (Å²) in [4.78, 5) is 18.0. The van der Waals surface area contributed by atoms with Gasteiger partial charge in [-0.2, -0.15) is 5.21 Å². The van der Waals surface area contributed by atoms with Crippen LogP contribution in [0.5, 0.6) is 0 Å². The number of hydrogen-bond donors (Lipinski definition) is 2. The van der Waals surface area contributed by atoms with Gasteiger partial charge in [0.25, 0.3) is 5.91 Å². The molecule has 8 heteroatoms. The van der Waals surface area contributed by atoms with Crippen molar-refractivity contribution < 1.29 is 4.79 Å². The van der Waals surface area contributed by atoms with Gasteiger partial charge in [0.2, 0.25) is 5.82 Å². The Morgan fingerprint density at radius 1 is 1.08 bits per heavy atom. The number of nitrogens with one attached hydrogen (secondary N) is 2. The highest BCUT2D eigenvalue weighted by molar-refractivity contribution is 7.15. The predicted molar refractivity (Wildman–Crippen MR) is 98.3 cm³/mol. The third-order valence-electron chi connectivity index (χ3n) is 3.76. The summed E-state index contributed by atoms with van der Waals surface area (Å²) in [6.07, 6.45) is 1.79. The van der Waals surface area contributed by atoms with Crippen LogP contribution in [0.4, 0.5) is 0 Å². The van der Waals surface area contributed by atoms with Gasteiger partial charge in [0.15, 0.2) is 0 Å². The number of amides is 1. The molecule has 0 aliphatic heterocycles. The Kier molecular flexibility index (Phi) is 4.48. The molecule has 4 rings (SSSR count). The van der Waals surface area contributed by atoms with Gasteiger partial charge in [-0.15, -0.1) is 21.5 Å². The second-order valence-corrected chi connectivity index (χ2v) is 6.58. The van der Waals surface area contributed by atoms with Gasteiger partial charge in [-0.25, -0.2) is 4.98 Å². The Labute approximate surface area is 153 Å². The van der Waals surface area contributed by atoms with Gasteiger partial charge >= 0.3 is 0 Å². The molecule has 0 saturated carbocycles. The van der Waals surface area contributed by atoms with E-state index in [1.807, 2.05) is 36.4 Å². The molecule has 2 aromatic carbocycles. The van der Waals surface area contributed by atoms with Gasteiger partial charge in [-0.3, -0.25) is 4.79 Å². The number of rotatable bonds is 5. The molecule has 0 atom stereocenters. The molecule has 0 unspecified atom stereocenters. The molecule has 1 amide bonds. The van der Waals surface area contributed by atoms with Crippen LogP contribution in [0.3, 0.4) is 0 Å². The number of benzene rings is 2.